The number of nitriles is 1. The van der Waals surface area contributed by atoms with Crippen LogP contribution >= 0.6 is 11.6 Å². The molecule has 0 fully saturated rings. The molecule has 1 atom stereocenters. The molecule has 2 aromatic heterocycles. The number of hydrogen-bond donors (Lipinski definition) is 1. The minimum Gasteiger partial charge on any atom is -0.365 e. The normalized spacial score (nSPS) is 11.9. The van der Waals surface area contributed by atoms with Gasteiger partial charge in [0.15, 0.2) is 0 Å². The Balaban J connectivity index is 1.49. The topological polar surface area (TPSA) is 79.4 Å². The van der Waals surface area contributed by atoms with E-state index in [9.17, 15) is 0 Å². The molecule has 0 radical (unpaired) electrons. The summed E-state index contributed by atoms with van der Waals surface area (Å²) in [4.78, 5) is 8.66. The number of fused-ring (bicyclic) bond motifs is 1. The van der Waals surface area contributed by atoms with Gasteiger partial charge in [-0.25, -0.2) is 9.97 Å². The molecular weight excluding hydrogens is 372 g/mol. The standard InChI is InChI=1S/C21H17ClN6/c1-14(26-21-17-4-2-3-5-20(17)24-13-25-21)12-28-9-8-19(27-28)15-6-7-16(11-23)18(22)10-15/h2-10,13-14H,12H2,1H3,(H,24,25,26)/t14-/m1/s1. The summed E-state index contributed by atoms with van der Waals surface area (Å²) in [6, 6.07) is 17.3. The molecule has 0 aliphatic rings. The number of hydrogen-bond acceptors (Lipinski definition) is 5. The van der Waals surface area contributed by atoms with Gasteiger partial charge in [-0.3, -0.25) is 4.68 Å². The van der Waals surface area contributed by atoms with Gasteiger partial charge >= 0.3 is 0 Å². The highest BCUT2D eigenvalue weighted by Gasteiger charge is 2.10. The number of rotatable bonds is 5. The van der Waals surface area contributed by atoms with E-state index in [0.717, 1.165) is 28.0 Å². The first-order valence-corrected chi connectivity index (χ1v) is 9.21. The van der Waals surface area contributed by atoms with Crippen LogP contribution in [-0.4, -0.2) is 25.8 Å². The van der Waals surface area contributed by atoms with E-state index >= 15 is 0 Å². The van der Waals surface area contributed by atoms with Crippen LogP contribution in [0.4, 0.5) is 5.82 Å². The van der Waals surface area contributed by atoms with Crippen LogP contribution in [0.5, 0.6) is 0 Å². The zero-order valence-corrected chi connectivity index (χ0v) is 15.9. The second-order valence-electron chi connectivity index (χ2n) is 6.51. The summed E-state index contributed by atoms with van der Waals surface area (Å²) in [5.74, 6) is 0.810. The molecule has 2 heterocycles. The highest BCUT2D eigenvalue weighted by atomic mass is 35.5. The van der Waals surface area contributed by atoms with Crippen molar-refractivity contribution in [3.05, 3.63) is 71.6 Å². The van der Waals surface area contributed by atoms with Crippen LogP contribution in [0.3, 0.4) is 0 Å². The molecule has 0 aliphatic carbocycles. The predicted octanol–water partition coefficient (Wildman–Crippen LogP) is 4.52. The molecule has 28 heavy (non-hydrogen) atoms. The van der Waals surface area contributed by atoms with Gasteiger partial charge in [-0.2, -0.15) is 10.4 Å². The lowest BCUT2D eigenvalue weighted by Gasteiger charge is -2.15. The molecule has 6 nitrogen and oxygen atoms in total. The summed E-state index contributed by atoms with van der Waals surface area (Å²) in [5.41, 5.74) is 3.06. The van der Waals surface area contributed by atoms with Gasteiger partial charge in [0, 0.05) is 23.2 Å². The fraction of sp³-hybridized carbons (Fsp3) is 0.143. The van der Waals surface area contributed by atoms with Gasteiger partial charge in [0.05, 0.1) is 28.3 Å². The zero-order valence-electron chi connectivity index (χ0n) is 15.2. The number of halogens is 1. The maximum Gasteiger partial charge on any atom is 0.137 e. The fourth-order valence-electron chi connectivity index (χ4n) is 3.06. The van der Waals surface area contributed by atoms with Crippen molar-refractivity contribution in [2.24, 2.45) is 0 Å². The summed E-state index contributed by atoms with van der Waals surface area (Å²) in [7, 11) is 0. The highest BCUT2D eigenvalue weighted by molar-refractivity contribution is 6.32. The molecule has 4 rings (SSSR count). The van der Waals surface area contributed by atoms with Crippen molar-refractivity contribution in [2.45, 2.75) is 19.5 Å². The summed E-state index contributed by atoms with van der Waals surface area (Å²) in [6.45, 7) is 2.75. The van der Waals surface area contributed by atoms with Crippen molar-refractivity contribution >= 4 is 28.3 Å². The van der Waals surface area contributed by atoms with E-state index in [1.54, 1.807) is 18.5 Å². The third-order valence-electron chi connectivity index (χ3n) is 4.41. The number of nitrogens with one attached hydrogen (secondary N) is 1. The van der Waals surface area contributed by atoms with Gasteiger partial charge in [0.1, 0.15) is 18.2 Å². The Kier molecular flexibility index (Phi) is 4.92. The monoisotopic (exact) mass is 388 g/mol. The Morgan fingerprint density at radius 1 is 1.18 bits per heavy atom. The van der Waals surface area contributed by atoms with Gasteiger partial charge in [-0.1, -0.05) is 29.8 Å². The number of aromatic nitrogens is 4. The second kappa shape index (κ2) is 7.67. The first kappa shape index (κ1) is 18.0. The van der Waals surface area contributed by atoms with E-state index in [-0.39, 0.29) is 6.04 Å². The van der Waals surface area contributed by atoms with Crippen LogP contribution in [0.15, 0.2) is 61.1 Å². The van der Waals surface area contributed by atoms with E-state index in [1.165, 1.54) is 0 Å². The Morgan fingerprint density at radius 2 is 2.04 bits per heavy atom. The van der Waals surface area contributed by atoms with E-state index in [1.807, 2.05) is 47.3 Å². The van der Waals surface area contributed by atoms with Gasteiger partial charge in [-0.05, 0) is 37.3 Å². The average Bonchev–Trinajstić information content (AvgIpc) is 3.16. The van der Waals surface area contributed by atoms with Gasteiger partial charge in [-0.15, -0.1) is 0 Å². The summed E-state index contributed by atoms with van der Waals surface area (Å²) < 4.78 is 1.88. The third kappa shape index (κ3) is 3.66. The molecule has 0 aliphatic heterocycles. The van der Waals surface area contributed by atoms with Crippen molar-refractivity contribution in [3.8, 4) is 17.3 Å². The van der Waals surface area contributed by atoms with Crippen LogP contribution in [0, 0.1) is 11.3 Å². The third-order valence-corrected chi connectivity index (χ3v) is 4.73. The molecule has 0 bridgehead atoms. The van der Waals surface area contributed by atoms with Crippen LogP contribution < -0.4 is 5.32 Å². The smallest absolute Gasteiger partial charge is 0.137 e. The van der Waals surface area contributed by atoms with Crippen LogP contribution in [-0.2, 0) is 6.54 Å². The SMILES string of the molecule is C[C@H](Cn1ccc(-c2ccc(C#N)c(Cl)c2)n1)Nc1ncnc2ccccc12. The quantitative estimate of drug-likeness (QED) is 0.543. The lowest BCUT2D eigenvalue weighted by molar-refractivity contribution is 0.561. The van der Waals surface area contributed by atoms with Crippen molar-refractivity contribution < 1.29 is 0 Å². The maximum atomic E-state index is 9.00. The van der Waals surface area contributed by atoms with E-state index in [4.69, 9.17) is 16.9 Å². The number of para-hydroxylation sites is 1. The summed E-state index contributed by atoms with van der Waals surface area (Å²) in [5, 5.41) is 18.5. The summed E-state index contributed by atoms with van der Waals surface area (Å²) in [6.07, 6.45) is 3.50. The minimum atomic E-state index is 0.107. The molecule has 0 saturated carbocycles. The molecule has 0 unspecified atom stereocenters. The fourth-order valence-corrected chi connectivity index (χ4v) is 3.28. The Labute approximate surface area is 167 Å². The first-order valence-electron chi connectivity index (χ1n) is 8.84. The lowest BCUT2D eigenvalue weighted by atomic mass is 10.1. The van der Waals surface area contributed by atoms with Gasteiger partial charge in [0.25, 0.3) is 0 Å². The van der Waals surface area contributed by atoms with Crippen molar-refractivity contribution in [1.29, 1.82) is 5.26 Å². The van der Waals surface area contributed by atoms with Crippen molar-refractivity contribution in [3.63, 3.8) is 0 Å². The van der Waals surface area contributed by atoms with Crippen molar-refractivity contribution in [1.82, 2.24) is 19.7 Å². The molecule has 138 valence electrons. The zero-order chi connectivity index (χ0) is 19.5. The number of anilines is 1. The largest absolute Gasteiger partial charge is 0.365 e. The first-order chi connectivity index (χ1) is 13.6. The van der Waals surface area contributed by atoms with E-state index in [0.29, 0.717) is 17.1 Å². The van der Waals surface area contributed by atoms with Crippen LogP contribution in [0.2, 0.25) is 5.02 Å². The van der Waals surface area contributed by atoms with E-state index in [2.05, 4.69) is 33.4 Å². The molecular formula is C21H17ClN6. The number of nitrogens with zero attached hydrogens (tertiary/aromatic N) is 5. The molecule has 0 amide bonds. The molecule has 7 heteroatoms. The molecule has 1 N–H and O–H groups in total. The maximum absolute atomic E-state index is 9.00. The minimum absolute atomic E-state index is 0.107. The van der Waals surface area contributed by atoms with Gasteiger partial charge < -0.3 is 5.32 Å². The molecule has 0 spiro atoms. The lowest BCUT2D eigenvalue weighted by Crippen LogP contribution is -2.23. The molecule has 2 aromatic carbocycles. The average molecular weight is 389 g/mol. The number of benzene rings is 2. The second-order valence-corrected chi connectivity index (χ2v) is 6.92. The Hall–Kier alpha value is -3.43. The Morgan fingerprint density at radius 3 is 2.86 bits per heavy atom. The Bertz CT molecular complexity index is 1170. The van der Waals surface area contributed by atoms with Crippen molar-refractivity contribution in [2.75, 3.05) is 5.32 Å². The predicted molar refractivity (Wildman–Crippen MR) is 110 cm³/mol. The van der Waals surface area contributed by atoms with Crippen LogP contribution in [0.1, 0.15) is 12.5 Å². The summed E-state index contributed by atoms with van der Waals surface area (Å²) >= 11 is 6.13. The van der Waals surface area contributed by atoms with Gasteiger partial charge in [0.2, 0.25) is 0 Å². The molecule has 4 aromatic rings. The highest BCUT2D eigenvalue weighted by Crippen LogP contribution is 2.24. The molecule has 0 saturated heterocycles. The van der Waals surface area contributed by atoms with E-state index < -0.39 is 0 Å². The van der Waals surface area contributed by atoms with Crippen LogP contribution in [0.25, 0.3) is 22.2 Å².